The van der Waals surface area contributed by atoms with Gasteiger partial charge >= 0.3 is 5.97 Å². The lowest BCUT2D eigenvalue weighted by Gasteiger charge is -2.16. The number of unbranched alkanes of at least 4 members (excludes halogenated alkanes) is 1. The quantitative estimate of drug-likeness (QED) is 0.834. The zero-order chi connectivity index (χ0) is 13.7. The van der Waals surface area contributed by atoms with Gasteiger partial charge in [-0.15, -0.1) is 0 Å². The molecule has 0 aliphatic rings. The predicted molar refractivity (Wildman–Crippen MR) is 76.3 cm³/mol. The van der Waals surface area contributed by atoms with E-state index in [2.05, 4.69) is 17.2 Å². The van der Waals surface area contributed by atoms with Crippen molar-refractivity contribution in [2.75, 3.05) is 5.32 Å². The Morgan fingerprint density at radius 3 is 2.89 bits per heavy atom. The number of aliphatic carboxylic acids is 1. The maximum Gasteiger partial charge on any atom is 0.326 e. The van der Waals surface area contributed by atoms with Crippen LogP contribution in [0.4, 0.5) is 5.69 Å². The number of nitrogens with one attached hydrogen (secondary N) is 1. The van der Waals surface area contributed by atoms with E-state index in [0.717, 1.165) is 29.4 Å². The van der Waals surface area contributed by atoms with Gasteiger partial charge in [-0.05, 0) is 18.6 Å². The van der Waals surface area contributed by atoms with Crippen molar-refractivity contribution in [2.24, 2.45) is 0 Å². The number of pyridine rings is 1. The number of anilines is 1. The number of para-hydroxylation sites is 1. The first-order chi connectivity index (χ1) is 9.22. The number of aromatic nitrogens is 1. The van der Waals surface area contributed by atoms with Crippen LogP contribution in [0.3, 0.4) is 0 Å². The first kappa shape index (κ1) is 13.3. The molecule has 1 heterocycles. The molecule has 0 saturated carbocycles. The van der Waals surface area contributed by atoms with Crippen molar-refractivity contribution < 1.29 is 9.90 Å². The molecule has 0 aliphatic carbocycles. The highest BCUT2D eigenvalue weighted by atomic mass is 16.4. The van der Waals surface area contributed by atoms with Crippen LogP contribution >= 0.6 is 0 Å². The van der Waals surface area contributed by atoms with Crippen LogP contribution in [0.1, 0.15) is 26.2 Å². The Labute approximate surface area is 112 Å². The lowest BCUT2D eigenvalue weighted by molar-refractivity contribution is -0.138. The third-order valence-corrected chi connectivity index (χ3v) is 3.12. The standard InChI is InChI=1S/C15H18N2O2/c1-2-3-7-14(15(18)19)17-13-9-10-16-12-8-5-4-6-11(12)13/h4-6,8-10,14H,2-3,7H2,1H3,(H,16,17)(H,18,19)/t14-/m0/s1. The van der Waals surface area contributed by atoms with Crippen molar-refractivity contribution in [3.8, 4) is 0 Å². The molecule has 0 spiro atoms. The van der Waals surface area contributed by atoms with E-state index in [4.69, 9.17) is 0 Å². The second-order valence-corrected chi connectivity index (χ2v) is 4.55. The lowest BCUT2D eigenvalue weighted by Crippen LogP contribution is -2.29. The fourth-order valence-corrected chi connectivity index (χ4v) is 2.08. The zero-order valence-electron chi connectivity index (χ0n) is 11.0. The molecule has 1 atom stereocenters. The fourth-order valence-electron chi connectivity index (χ4n) is 2.08. The molecule has 1 aromatic carbocycles. The molecule has 4 nitrogen and oxygen atoms in total. The molecule has 100 valence electrons. The van der Waals surface area contributed by atoms with Crippen molar-refractivity contribution in [1.82, 2.24) is 4.98 Å². The highest BCUT2D eigenvalue weighted by Crippen LogP contribution is 2.22. The minimum Gasteiger partial charge on any atom is -0.480 e. The van der Waals surface area contributed by atoms with E-state index in [1.807, 2.05) is 30.3 Å². The number of hydrogen-bond donors (Lipinski definition) is 2. The second-order valence-electron chi connectivity index (χ2n) is 4.55. The van der Waals surface area contributed by atoms with Crippen LogP contribution in [-0.4, -0.2) is 22.1 Å². The number of rotatable bonds is 6. The Morgan fingerprint density at radius 1 is 1.37 bits per heavy atom. The van der Waals surface area contributed by atoms with E-state index in [-0.39, 0.29) is 0 Å². The number of hydrogen-bond acceptors (Lipinski definition) is 3. The van der Waals surface area contributed by atoms with E-state index >= 15 is 0 Å². The molecule has 2 N–H and O–H groups in total. The van der Waals surface area contributed by atoms with Gasteiger partial charge in [-0.1, -0.05) is 38.0 Å². The van der Waals surface area contributed by atoms with Gasteiger partial charge in [-0.25, -0.2) is 4.79 Å². The molecule has 0 fully saturated rings. The van der Waals surface area contributed by atoms with Crippen molar-refractivity contribution >= 4 is 22.6 Å². The van der Waals surface area contributed by atoms with Crippen LogP contribution in [0.25, 0.3) is 10.9 Å². The largest absolute Gasteiger partial charge is 0.480 e. The highest BCUT2D eigenvalue weighted by molar-refractivity contribution is 5.92. The number of carboxylic acid groups (broad SMARTS) is 1. The molecule has 0 aliphatic heterocycles. The Hall–Kier alpha value is -2.10. The van der Waals surface area contributed by atoms with Crippen molar-refractivity contribution in [3.05, 3.63) is 36.5 Å². The summed E-state index contributed by atoms with van der Waals surface area (Å²) in [4.78, 5) is 15.5. The topological polar surface area (TPSA) is 62.2 Å². The second kappa shape index (κ2) is 6.18. The summed E-state index contributed by atoms with van der Waals surface area (Å²) in [5, 5.41) is 13.3. The van der Waals surface area contributed by atoms with Crippen molar-refractivity contribution in [1.29, 1.82) is 0 Å². The fraction of sp³-hybridized carbons (Fsp3) is 0.333. The normalized spacial score (nSPS) is 12.3. The van der Waals surface area contributed by atoms with Gasteiger partial charge in [-0.2, -0.15) is 0 Å². The lowest BCUT2D eigenvalue weighted by atomic mass is 10.1. The summed E-state index contributed by atoms with van der Waals surface area (Å²) in [6.45, 7) is 2.06. The Morgan fingerprint density at radius 2 is 2.16 bits per heavy atom. The molecule has 0 saturated heterocycles. The molecule has 1 aromatic heterocycles. The molecule has 0 bridgehead atoms. The molecule has 2 aromatic rings. The summed E-state index contributed by atoms with van der Waals surface area (Å²) in [6.07, 6.45) is 4.21. The maximum absolute atomic E-state index is 11.3. The predicted octanol–water partition coefficient (Wildman–Crippen LogP) is 3.29. The zero-order valence-corrected chi connectivity index (χ0v) is 11.0. The average Bonchev–Trinajstić information content (AvgIpc) is 2.43. The van der Waals surface area contributed by atoms with Crippen LogP contribution in [0.15, 0.2) is 36.5 Å². The van der Waals surface area contributed by atoms with Gasteiger partial charge in [0.25, 0.3) is 0 Å². The van der Waals surface area contributed by atoms with E-state index in [9.17, 15) is 9.90 Å². The Kier molecular flexibility index (Phi) is 4.34. The van der Waals surface area contributed by atoms with Gasteiger partial charge in [0, 0.05) is 17.3 Å². The van der Waals surface area contributed by atoms with Gasteiger partial charge in [0.1, 0.15) is 6.04 Å². The SMILES string of the molecule is CCCC[C@H](Nc1ccnc2ccccc12)C(=O)O. The number of nitrogens with zero attached hydrogens (tertiary/aromatic N) is 1. The van der Waals surface area contributed by atoms with Crippen LogP contribution in [0, 0.1) is 0 Å². The van der Waals surface area contributed by atoms with Gasteiger partial charge in [0.2, 0.25) is 0 Å². The van der Waals surface area contributed by atoms with E-state index < -0.39 is 12.0 Å². The number of carbonyl (C=O) groups is 1. The number of fused-ring (bicyclic) bond motifs is 1. The summed E-state index contributed by atoms with van der Waals surface area (Å²) in [5.41, 5.74) is 1.70. The minimum absolute atomic E-state index is 0.550. The summed E-state index contributed by atoms with van der Waals surface area (Å²) in [7, 11) is 0. The summed E-state index contributed by atoms with van der Waals surface area (Å²) >= 11 is 0. The van der Waals surface area contributed by atoms with Crippen LogP contribution < -0.4 is 5.32 Å². The van der Waals surface area contributed by atoms with Crippen molar-refractivity contribution in [2.45, 2.75) is 32.2 Å². The number of carboxylic acids is 1. The van der Waals surface area contributed by atoms with Crippen molar-refractivity contribution in [3.63, 3.8) is 0 Å². The van der Waals surface area contributed by atoms with Crippen LogP contribution in [0.2, 0.25) is 0 Å². The van der Waals surface area contributed by atoms with E-state index in [1.165, 1.54) is 0 Å². The molecule has 19 heavy (non-hydrogen) atoms. The van der Waals surface area contributed by atoms with Gasteiger partial charge < -0.3 is 10.4 Å². The average molecular weight is 258 g/mol. The Bertz CT molecular complexity index is 564. The molecule has 0 radical (unpaired) electrons. The smallest absolute Gasteiger partial charge is 0.326 e. The minimum atomic E-state index is -0.811. The maximum atomic E-state index is 11.3. The Balaban J connectivity index is 2.26. The molecule has 0 amide bonds. The molecule has 2 rings (SSSR count). The summed E-state index contributed by atoms with van der Waals surface area (Å²) in [5.74, 6) is -0.811. The molecule has 0 unspecified atom stereocenters. The molecular weight excluding hydrogens is 240 g/mol. The molecular formula is C15H18N2O2. The van der Waals surface area contributed by atoms with E-state index in [0.29, 0.717) is 6.42 Å². The highest BCUT2D eigenvalue weighted by Gasteiger charge is 2.17. The van der Waals surface area contributed by atoms with Gasteiger partial charge in [0.05, 0.1) is 5.52 Å². The first-order valence-electron chi connectivity index (χ1n) is 6.55. The summed E-state index contributed by atoms with van der Waals surface area (Å²) in [6, 6.07) is 8.99. The molecule has 4 heteroatoms. The summed E-state index contributed by atoms with van der Waals surface area (Å²) < 4.78 is 0. The van der Waals surface area contributed by atoms with Gasteiger partial charge in [-0.3, -0.25) is 4.98 Å². The third kappa shape index (κ3) is 3.22. The first-order valence-corrected chi connectivity index (χ1v) is 6.55. The van der Waals surface area contributed by atoms with E-state index in [1.54, 1.807) is 6.20 Å². The van der Waals surface area contributed by atoms with Crippen LogP contribution in [0.5, 0.6) is 0 Å². The monoisotopic (exact) mass is 258 g/mol. The van der Waals surface area contributed by atoms with Gasteiger partial charge in [0.15, 0.2) is 0 Å². The number of benzene rings is 1. The van der Waals surface area contributed by atoms with Crippen LogP contribution in [-0.2, 0) is 4.79 Å². The third-order valence-electron chi connectivity index (χ3n) is 3.12.